The summed E-state index contributed by atoms with van der Waals surface area (Å²) in [5.41, 5.74) is 1.48. The van der Waals surface area contributed by atoms with Crippen LogP contribution in [0.4, 0.5) is 5.69 Å². The number of hydrogen-bond donors (Lipinski definition) is 0. The van der Waals surface area contributed by atoms with E-state index in [9.17, 15) is 9.59 Å². The number of anilines is 1. The van der Waals surface area contributed by atoms with E-state index < -0.39 is 18.5 Å². The standard InChI is InChI=1S/C18H15N5O3S/c1-22-10-13(9-20-22)17-21-15(12-27-17)18(25)26-11-16(24)23(8-7-19)14-5-3-2-4-6-14/h2-6,9-10,12H,8,11H2,1H3. The first-order valence-electron chi connectivity index (χ1n) is 7.92. The number of ether oxygens (including phenoxy) is 1. The van der Waals surface area contributed by atoms with Crippen LogP contribution in [0.15, 0.2) is 48.1 Å². The maximum absolute atomic E-state index is 12.4. The fourth-order valence-corrected chi connectivity index (χ4v) is 3.08. The summed E-state index contributed by atoms with van der Waals surface area (Å²) in [5.74, 6) is -1.18. The number of para-hydroxylation sites is 1. The van der Waals surface area contributed by atoms with E-state index in [1.54, 1.807) is 59.8 Å². The highest BCUT2D eigenvalue weighted by Crippen LogP contribution is 2.23. The summed E-state index contributed by atoms with van der Waals surface area (Å²) in [6.07, 6.45) is 3.44. The molecule has 1 aromatic carbocycles. The van der Waals surface area contributed by atoms with Crippen LogP contribution in [0, 0.1) is 11.3 Å². The van der Waals surface area contributed by atoms with Crippen LogP contribution in [0.2, 0.25) is 0 Å². The summed E-state index contributed by atoms with van der Waals surface area (Å²) < 4.78 is 6.72. The first-order valence-corrected chi connectivity index (χ1v) is 8.80. The lowest BCUT2D eigenvalue weighted by atomic mass is 10.3. The van der Waals surface area contributed by atoms with Crippen molar-refractivity contribution in [2.75, 3.05) is 18.1 Å². The zero-order valence-corrected chi connectivity index (χ0v) is 15.2. The van der Waals surface area contributed by atoms with Crippen molar-refractivity contribution in [2.45, 2.75) is 0 Å². The highest BCUT2D eigenvalue weighted by molar-refractivity contribution is 7.13. The van der Waals surface area contributed by atoms with Gasteiger partial charge in [0.2, 0.25) is 0 Å². The molecule has 3 rings (SSSR count). The number of thiazole rings is 1. The highest BCUT2D eigenvalue weighted by atomic mass is 32.1. The second-order valence-corrected chi connectivity index (χ2v) is 6.35. The second-order valence-electron chi connectivity index (χ2n) is 5.49. The molecule has 0 radical (unpaired) electrons. The molecule has 0 atom stereocenters. The molecule has 0 saturated carbocycles. The van der Waals surface area contributed by atoms with E-state index in [2.05, 4.69) is 10.1 Å². The van der Waals surface area contributed by atoms with Crippen LogP contribution in [0.25, 0.3) is 10.6 Å². The van der Waals surface area contributed by atoms with Crippen molar-refractivity contribution in [1.29, 1.82) is 5.26 Å². The van der Waals surface area contributed by atoms with Crippen LogP contribution in [0.3, 0.4) is 0 Å². The van der Waals surface area contributed by atoms with Crippen LogP contribution in [-0.4, -0.2) is 39.8 Å². The number of aryl methyl sites for hydroxylation is 1. The lowest BCUT2D eigenvalue weighted by molar-refractivity contribution is -0.121. The summed E-state index contributed by atoms with van der Waals surface area (Å²) in [6.45, 7) is -0.614. The zero-order chi connectivity index (χ0) is 19.2. The molecule has 136 valence electrons. The van der Waals surface area contributed by atoms with E-state index >= 15 is 0 Å². The van der Waals surface area contributed by atoms with E-state index in [0.717, 1.165) is 5.56 Å². The third kappa shape index (κ3) is 4.37. The van der Waals surface area contributed by atoms with Crippen molar-refractivity contribution < 1.29 is 14.3 Å². The Bertz CT molecular complexity index is 990. The largest absolute Gasteiger partial charge is 0.451 e. The first kappa shape index (κ1) is 18.3. The average Bonchev–Trinajstić information content (AvgIpc) is 3.33. The third-order valence-corrected chi connectivity index (χ3v) is 4.48. The molecule has 0 N–H and O–H groups in total. The van der Waals surface area contributed by atoms with Gasteiger partial charge in [0.25, 0.3) is 5.91 Å². The van der Waals surface area contributed by atoms with Gasteiger partial charge >= 0.3 is 5.97 Å². The smallest absolute Gasteiger partial charge is 0.358 e. The Kier molecular flexibility index (Phi) is 5.58. The predicted molar refractivity (Wildman–Crippen MR) is 99.0 cm³/mol. The molecule has 3 aromatic rings. The number of nitrogens with zero attached hydrogens (tertiary/aromatic N) is 5. The molecular formula is C18H15N5O3S. The van der Waals surface area contributed by atoms with Gasteiger partial charge in [0.1, 0.15) is 11.6 Å². The third-order valence-electron chi connectivity index (χ3n) is 3.59. The molecule has 0 fully saturated rings. The molecule has 0 aliphatic rings. The van der Waals surface area contributed by atoms with Crippen molar-refractivity contribution in [3.63, 3.8) is 0 Å². The van der Waals surface area contributed by atoms with E-state index in [-0.39, 0.29) is 12.2 Å². The van der Waals surface area contributed by atoms with Gasteiger partial charge in [0, 0.05) is 29.9 Å². The first-order chi connectivity index (χ1) is 13.1. The number of nitriles is 1. The molecule has 1 amide bonds. The van der Waals surface area contributed by atoms with Gasteiger partial charge in [-0.3, -0.25) is 14.4 Å². The molecular weight excluding hydrogens is 366 g/mol. The van der Waals surface area contributed by atoms with Crippen LogP contribution in [-0.2, 0) is 16.6 Å². The minimum atomic E-state index is -0.695. The monoisotopic (exact) mass is 381 g/mol. The van der Waals surface area contributed by atoms with E-state index in [1.165, 1.54) is 16.2 Å². The molecule has 8 nitrogen and oxygen atoms in total. The van der Waals surface area contributed by atoms with Gasteiger partial charge in [0.15, 0.2) is 12.3 Å². The van der Waals surface area contributed by atoms with Gasteiger partial charge in [0.05, 0.1) is 12.3 Å². The van der Waals surface area contributed by atoms with E-state index in [0.29, 0.717) is 10.7 Å². The summed E-state index contributed by atoms with van der Waals surface area (Å²) >= 11 is 1.29. The number of aromatic nitrogens is 3. The number of rotatable bonds is 6. The number of carbonyl (C=O) groups is 2. The summed E-state index contributed by atoms with van der Waals surface area (Å²) in [7, 11) is 1.79. The van der Waals surface area contributed by atoms with Gasteiger partial charge in [-0.25, -0.2) is 9.78 Å². The predicted octanol–water partition coefficient (Wildman–Crippen LogP) is 2.26. The fourth-order valence-electron chi connectivity index (χ4n) is 2.31. The summed E-state index contributed by atoms with van der Waals surface area (Å²) in [4.78, 5) is 30.0. The van der Waals surface area contributed by atoms with Crippen molar-refractivity contribution in [3.05, 3.63) is 53.8 Å². The molecule has 0 unspecified atom stereocenters. The Labute approximate surface area is 159 Å². The minimum Gasteiger partial charge on any atom is -0.451 e. The molecule has 2 heterocycles. The minimum absolute atomic E-state index is 0.123. The van der Waals surface area contributed by atoms with Crippen molar-refractivity contribution in [2.24, 2.45) is 7.05 Å². The van der Waals surface area contributed by atoms with Crippen LogP contribution in [0.1, 0.15) is 10.5 Å². The lowest BCUT2D eigenvalue weighted by Crippen LogP contribution is -2.35. The quantitative estimate of drug-likeness (QED) is 0.479. The fraction of sp³-hybridized carbons (Fsp3) is 0.167. The summed E-state index contributed by atoms with van der Waals surface area (Å²) in [5, 5.41) is 15.2. The number of carbonyl (C=O) groups excluding carboxylic acids is 2. The molecule has 0 saturated heterocycles. The Morgan fingerprint density at radius 2 is 2.11 bits per heavy atom. The van der Waals surface area contributed by atoms with Gasteiger partial charge in [-0.1, -0.05) is 18.2 Å². The zero-order valence-electron chi connectivity index (χ0n) is 14.4. The molecule has 9 heteroatoms. The van der Waals surface area contributed by atoms with Crippen molar-refractivity contribution in [3.8, 4) is 16.6 Å². The van der Waals surface area contributed by atoms with Gasteiger partial charge in [-0.05, 0) is 12.1 Å². The number of esters is 1. The summed E-state index contributed by atoms with van der Waals surface area (Å²) in [6, 6.07) is 10.7. The second kappa shape index (κ2) is 8.25. The van der Waals surface area contributed by atoms with Gasteiger partial charge < -0.3 is 4.74 Å². The Balaban J connectivity index is 1.63. The van der Waals surface area contributed by atoms with Crippen LogP contribution < -0.4 is 4.90 Å². The SMILES string of the molecule is Cn1cc(-c2nc(C(=O)OCC(=O)N(CC#N)c3ccccc3)cs2)cn1. The molecule has 0 spiro atoms. The molecule has 2 aromatic heterocycles. The number of hydrogen-bond acceptors (Lipinski definition) is 7. The maximum atomic E-state index is 12.4. The van der Waals surface area contributed by atoms with E-state index in [1.807, 2.05) is 6.07 Å². The molecule has 27 heavy (non-hydrogen) atoms. The van der Waals surface area contributed by atoms with E-state index in [4.69, 9.17) is 10.00 Å². The molecule has 0 aliphatic heterocycles. The van der Waals surface area contributed by atoms with Crippen molar-refractivity contribution >= 4 is 28.9 Å². The Morgan fingerprint density at radius 3 is 2.78 bits per heavy atom. The normalized spacial score (nSPS) is 10.2. The number of amides is 1. The van der Waals surface area contributed by atoms with Crippen LogP contribution >= 0.6 is 11.3 Å². The van der Waals surface area contributed by atoms with Gasteiger partial charge in [-0.15, -0.1) is 11.3 Å². The molecule has 0 aliphatic carbocycles. The highest BCUT2D eigenvalue weighted by Gasteiger charge is 2.19. The molecule has 0 bridgehead atoms. The van der Waals surface area contributed by atoms with Crippen LogP contribution in [0.5, 0.6) is 0 Å². The average molecular weight is 381 g/mol. The van der Waals surface area contributed by atoms with Crippen molar-refractivity contribution in [1.82, 2.24) is 14.8 Å². The Morgan fingerprint density at radius 1 is 1.33 bits per heavy atom. The topological polar surface area (TPSA) is 101 Å². The maximum Gasteiger partial charge on any atom is 0.358 e. The van der Waals surface area contributed by atoms with Gasteiger partial charge in [-0.2, -0.15) is 10.4 Å². The number of benzene rings is 1. The Hall–Kier alpha value is -3.51. The lowest BCUT2D eigenvalue weighted by Gasteiger charge is -2.19.